The number of aromatic carboxylic acids is 1. The molecule has 0 radical (unpaired) electrons. The normalized spacial score (nSPS) is 10.3. The van der Waals surface area contributed by atoms with E-state index in [1.165, 1.54) is 6.26 Å². The summed E-state index contributed by atoms with van der Waals surface area (Å²) in [6.45, 7) is 3.49. The summed E-state index contributed by atoms with van der Waals surface area (Å²) < 4.78 is 5.06. The van der Waals surface area contributed by atoms with Crippen molar-refractivity contribution < 1.29 is 19.1 Å². The highest BCUT2D eigenvalue weighted by atomic mass is 32.1. The molecule has 0 spiro atoms. The highest BCUT2D eigenvalue weighted by Crippen LogP contribution is 2.28. The Balaban J connectivity index is 2.30. The van der Waals surface area contributed by atoms with Crippen molar-refractivity contribution in [2.24, 2.45) is 0 Å². The lowest BCUT2D eigenvalue weighted by atomic mass is 10.2. The number of carboxylic acid groups (broad SMARTS) is 1. The molecule has 0 saturated heterocycles. The van der Waals surface area contributed by atoms with Gasteiger partial charge in [0.2, 0.25) is 0 Å². The van der Waals surface area contributed by atoms with Gasteiger partial charge in [-0.3, -0.25) is 4.79 Å². The first-order chi connectivity index (χ1) is 8.50. The monoisotopic (exact) mass is 265 g/mol. The lowest BCUT2D eigenvalue weighted by Gasteiger charge is -2.05. The molecule has 0 aliphatic rings. The van der Waals surface area contributed by atoms with Crippen molar-refractivity contribution in [3.63, 3.8) is 0 Å². The van der Waals surface area contributed by atoms with Crippen molar-refractivity contribution in [3.05, 3.63) is 39.5 Å². The number of nitrogens with one attached hydrogen (secondary N) is 1. The van der Waals surface area contributed by atoms with Gasteiger partial charge >= 0.3 is 5.97 Å². The van der Waals surface area contributed by atoms with E-state index in [-0.39, 0.29) is 10.6 Å². The Morgan fingerprint density at radius 2 is 2.06 bits per heavy atom. The van der Waals surface area contributed by atoms with E-state index in [2.05, 4.69) is 5.32 Å². The fraction of sp³-hybridized carbons (Fsp3) is 0.167. The van der Waals surface area contributed by atoms with Gasteiger partial charge in [-0.15, -0.1) is 11.3 Å². The number of thiophene rings is 1. The molecule has 2 rings (SSSR count). The Bertz CT molecular complexity index is 611. The largest absolute Gasteiger partial charge is 0.477 e. The number of hydrogen-bond donors (Lipinski definition) is 2. The highest BCUT2D eigenvalue weighted by molar-refractivity contribution is 7.12. The van der Waals surface area contributed by atoms with Crippen LogP contribution in [0.3, 0.4) is 0 Å². The van der Waals surface area contributed by atoms with E-state index in [0.717, 1.165) is 16.9 Å². The second-order valence-electron chi connectivity index (χ2n) is 3.81. The predicted octanol–water partition coefficient (Wildman–Crippen LogP) is 2.91. The molecule has 2 N–H and O–H groups in total. The van der Waals surface area contributed by atoms with Crippen molar-refractivity contribution in [2.75, 3.05) is 5.32 Å². The first-order valence-electron chi connectivity index (χ1n) is 5.17. The molecule has 2 heterocycles. The van der Waals surface area contributed by atoms with Gasteiger partial charge < -0.3 is 14.8 Å². The molecule has 0 aliphatic carbocycles. The van der Waals surface area contributed by atoms with Gasteiger partial charge in [-0.2, -0.15) is 0 Å². The zero-order chi connectivity index (χ0) is 13.3. The number of carboxylic acids is 1. The number of hydrogen-bond acceptors (Lipinski definition) is 4. The van der Waals surface area contributed by atoms with Gasteiger partial charge in [0.25, 0.3) is 5.91 Å². The fourth-order valence-electron chi connectivity index (χ4n) is 1.53. The molecule has 0 bridgehead atoms. The minimum atomic E-state index is -1.06. The highest BCUT2D eigenvalue weighted by Gasteiger charge is 2.20. The van der Waals surface area contributed by atoms with E-state index >= 15 is 0 Å². The summed E-state index contributed by atoms with van der Waals surface area (Å²) in [4.78, 5) is 23.0. The van der Waals surface area contributed by atoms with E-state index in [9.17, 15) is 9.59 Å². The second-order valence-corrected chi connectivity index (χ2v) is 4.69. The molecule has 0 unspecified atom stereocenters. The molecular weight excluding hydrogens is 254 g/mol. The van der Waals surface area contributed by atoms with Gasteiger partial charge in [0.1, 0.15) is 4.88 Å². The van der Waals surface area contributed by atoms with Crippen LogP contribution in [0.5, 0.6) is 0 Å². The lowest BCUT2D eigenvalue weighted by molar-refractivity contribution is 0.0703. The minimum Gasteiger partial charge on any atom is -0.477 e. The van der Waals surface area contributed by atoms with Crippen molar-refractivity contribution in [2.45, 2.75) is 13.8 Å². The van der Waals surface area contributed by atoms with Gasteiger partial charge in [0.05, 0.1) is 12.0 Å². The van der Waals surface area contributed by atoms with Gasteiger partial charge in [-0.25, -0.2) is 4.79 Å². The zero-order valence-electron chi connectivity index (χ0n) is 9.81. The molecule has 0 aromatic carbocycles. The van der Waals surface area contributed by atoms with Gasteiger partial charge in [0, 0.05) is 5.56 Å². The summed E-state index contributed by atoms with van der Waals surface area (Å²) in [6, 6.07) is 1.67. The predicted molar refractivity (Wildman–Crippen MR) is 67.4 cm³/mol. The van der Waals surface area contributed by atoms with E-state index in [1.807, 2.05) is 0 Å². The molecule has 94 valence electrons. The first-order valence-corrected chi connectivity index (χ1v) is 6.05. The molecule has 2 aromatic rings. The Hall–Kier alpha value is -2.08. The maximum absolute atomic E-state index is 11.9. The van der Waals surface area contributed by atoms with Crippen LogP contribution in [-0.4, -0.2) is 17.0 Å². The molecule has 6 heteroatoms. The molecule has 0 atom stereocenters. The summed E-state index contributed by atoms with van der Waals surface area (Å²) in [6.07, 6.45) is 1.42. The van der Waals surface area contributed by atoms with Crippen LogP contribution >= 0.6 is 11.3 Å². The topological polar surface area (TPSA) is 79.5 Å². The van der Waals surface area contributed by atoms with Crippen LogP contribution < -0.4 is 5.32 Å². The average molecular weight is 265 g/mol. The Morgan fingerprint density at radius 3 is 2.61 bits per heavy atom. The summed E-state index contributed by atoms with van der Waals surface area (Å²) >= 11 is 1.08. The third kappa shape index (κ3) is 2.14. The van der Waals surface area contributed by atoms with Crippen molar-refractivity contribution >= 4 is 28.9 Å². The van der Waals surface area contributed by atoms with Crippen molar-refractivity contribution in [3.8, 4) is 0 Å². The van der Waals surface area contributed by atoms with E-state index in [0.29, 0.717) is 11.3 Å². The second kappa shape index (κ2) is 4.66. The summed E-state index contributed by atoms with van der Waals surface area (Å²) in [7, 11) is 0. The maximum Gasteiger partial charge on any atom is 0.348 e. The number of anilines is 1. The van der Waals surface area contributed by atoms with E-state index in [4.69, 9.17) is 9.52 Å². The van der Waals surface area contributed by atoms with Crippen LogP contribution in [0.4, 0.5) is 5.69 Å². The Kier molecular flexibility index (Phi) is 3.20. The van der Waals surface area contributed by atoms with Gasteiger partial charge in [-0.05, 0) is 30.9 Å². The van der Waals surface area contributed by atoms with Crippen LogP contribution in [0.2, 0.25) is 0 Å². The number of carbonyl (C=O) groups excluding carboxylic acids is 1. The van der Waals surface area contributed by atoms with Crippen molar-refractivity contribution in [1.29, 1.82) is 0 Å². The van der Waals surface area contributed by atoms with Crippen LogP contribution in [0.1, 0.15) is 31.4 Å². The van der Waals surface area contributed by atoms with Crippen LogP contribution in [0, 0.1) is 13.8 Å². The Morgan fingerprint density at radius 1 is 1.33 bits per heavy atom. The van der Waals surface area contributed by atoms with Crippen molar-refractivity contribution in [1.82, 2.24) is 0 Å². The first kappa shape index (κ1) is 12.4. The third-order valence-electron chi connectivity index (χ3n) is 2.48. The quantitative estimate of drug-likeness (QED) is 0.894. The third-order valence-corrected chi connectivity index (χ3v) is 3.56. The number of aryl methyl sites for hydroxylation is 2. The maximum atomic E-state index is 11.9. The molecule has 1 amide bonds. The van der Waals surface area contributed by atoms with Crippen LogP contribution in [0.25, 0.3) is 0 Å². The van der Waals surface area contributed by atoms with Gasteiger partial charge in [0.15, 0.2) is 5.76 Å². The molecule has 18 heavy (non-hydrogen) atoms. The smallest absolute Gasteiger partial charge is 0.348 e. The zero-order valence-corrected chi connectivity index (χ0v) is 10.6. The summed E-state index contributed by atoms with van der Waals surface area (Å²) in [5, 5.41) is 13.3. The molecule has 0 fully saturated rings. The lowest BCUT2D eigenvalue weighted by Crippen LogP contribution is -2.14. The number of rotatable bonds is 3. The molecule has 0 saturated carbocycles. The number of carbonyl (C=O) groups is 2. The number of furan rings is 1. The fourth-order valence-corrected chi connectivity index (χ4v) is 2.38. The average Bonchev–Trinajstić information content (AvgIpc) is 2.86. The minimum absolute atomic E-state index is 0.116. The molecule has 5 nitrogen and oxygen atoms in total. The standard InChI is InChI=1S/C12H11NO4S/c1-6-3-4-17-9(6)11(14)13-8-7(2)5-18-10(8)12(15)16/h3-5H,1-2H3,(H,13,14)(H,15,16). The summed E-state index contributed by atoms with van der Waals surface area (Å²) in [5.74, 6) is -1.31. The van der Waals surface area contributed by atoms with E-state index < -0.39 is 11.9 Å². The van der Waals surface area contributed by atoms with Gasteiger partial charge in [-0.1, -0.05) is 0 Å². The van der Waals surface area contributed by atoms with Crippen LogP contribution in [-0.2, 0) is 0 Å². The molecule has 2 aromatic heterocycles. The SMILES string of the molecule is Cc1ccoc1C(=O)Nc1c(C)csc1C(=O)O. The molecule has 0 aliphatic heterocycles. The van der Waals surface area contributed by atoms with Crippen LogP contribution in [0.15, 0.2) is 22.1 Å². The van der Waals surface area contributed by atoms with E-state index in [1.54, 1.807) is 25.3 Å². The Labute approximate surface area is 107 Å². The number of amides is 1. The summed E-state index contributed by atoms with van der Waals surface area (Å²) in [5.41, 5.74) is 1.75. The molecular formula is C12H11NO4S.